The number of halogens is 1. The zero-order valence-corrected chi connectivity index (χ0v) is 6.98. The van der Waals surface area contributed by atoms with Gasteiger partial charge in [-0.25, -0.2) is 4.39 Å². The third-order valence-corrected chi connectivity index (χ3v) is 1.68. The lowest BCUT2D eigenvalue weighted by molar-refractivity contribution is 0.624. The van der Waals surface area contributed by atoms with E-state index < -0.39 is 0 Å². The molecule has 2 aromatic rings. The van der Waals surface area contributed by atoms with E-state index in [-0.39, 0.29) is 5.82 Å². The van der Waals surface area contributed by atoms with E-state index in [0.29, 0.717) is 11.5 Å². The van der Waals surface area contributed by atoms with Gasteiger partial charge in [0.05, 0.1) is 5.69 Å². The lowest BCUT2D eigenvalue weighted by atomic mass is 10.3. The average Bonchev–Trinajstić information content (AvgIpc) is 2.51. The maximum Gasteiger partial charge on any atom is 0.153 e. The Morgan fingerprint density at radius 1 is 1.38 bits per heavy atom. The van der Waals surface area contributed by atoms with Crippen LogP contribution < -0.4 is 0 Å². The molecule has 0 atom stereocenters. The van der Waals surface area contributed by atoms with Gasteiger partial charge in [-0.05, 0) is 35.5 Å². The molecular formula is C8H7FN4. The van der Waals surface area contributed by atoms with Gasteiger partial charge in [0.2, 0.25) is 0 Å². The van der Waals surface area contributed by atoms with Gasteiger partial charge in [0.25, 0.3) is 0 Å². The summed E-state index contributed by atoms with van der Waals surface area (Å²) in [5, 5.41) is 10.9. The summed E-state index contributed by atoms with van der Waals surface area (Å²) in [6.45, 7) is 1.75. The van der Waals surface area contributed by atoms with Crippen molar-refractivity contribution in [3.63, 3.8) is 0 Å². The van der Waals surface area contributed by atoms with Gasteiger partial charge in [-0.1, -0.05) is 6.07 Å². The Hall–Kier alpha value is -1.78. The Bertz CT molecular complexity index is 424. The summed E-state index contributed by atoms with van der Waals surface area (Å²) >= 11 is 0. The van der Waals surface area contributed by atoms with Crippen LogP contribution in [0.3, 0.4) is 0 Å². The van der Waals surface area contributed by atoms with E-state index in [1.807, 2.05) is 0 Å². The van der Waals surface area contributed by atoms with Gasteiger partial charge in [0.1, 0.15) is 5.82 Å². The van der Waals surface area contributed by atoms with Crippen LogP contribution in [0.1, 0.15) is 5.82 Å². The van der Waals surface area contributed by atoms with E-state index in [9.17, 15) is 4.39 Å². The molecule has 0 unspecified atom stereocenters. The lowest BCUT2D eigenvalue weighted by Crippen LogP contribution is -1.99. The number of hydrogen-bond acceptors (Lipinski definition) is 3. The third kappa shape index (κ3) is 1.40. The monoisotopic (exact) mass is 178 g/mol. The fourth-order valence-corrected chi connectivity index (χ4v) is 1.08. The molecule has 5 heteroatoms. The second-order valence-electron chi connectivity index (χ2n) is 2.62. The van der Waals surface area contributed by atoms with Crippen LogP contribution in [-0.4, -0.2) is 20.2 Å². The van der Waals surface area contributed by atoms with Crippen LogP contribution in [0.4, 0.5) is 4.39 Å². The Balaban J connectivity index is 2.53. The molecule has 1 heterocycles. The zero-order chi connectivity index (χ0) is 9.26. The summed E-state index contributed by atoms with van der Waals surface area (Å²) in [6.07, 6.45) is 0. The molecule has 1 aromatic carbocycles. The lowest BCUT2D eigenvalue weighted by Gasteiger charge is -1.99. The molecule has 4 nitrogen and oxygen atoms in total. The summed E-state index contributed by atoms with van der Waals surface area (Å²) in [5.74, 6) is 0.331. The third-order valence-electron chi connectivity index (χ3n) is 1.68. The molecule has 0 amide bonds. The largest absolute Gasteiger partial charge is 0.207 e. The highest BCUT2D eigenvalue weighted by molar-refractivity contribution is 5.31. The van der Waals surface area contributed by atoms with Crippen LogP contribution in [0.25, 0.3) is 5.69 Å². The van der Waals surface area contributed by atoms with Crippen molar-refractivity contribution in [3.8, 4) is 5.69 Å². The standard InChI is InChI=1S/C8H7FN4/c1-6-10-11-12-13(6)8-4-2-3-7(9)5-8/h2-5H,1H3. The van der Waals surface area contributed by atoms with E-state index in [1.165, 1.54) is 16.8 Å². The first-order valence-electron chi connectivity index (χ1n) is 3.78. The maximum atomic E-state index is 12.8. The average molecular weight is 178 g/mol. The SMILES string of the molecule is Cc1nnnn1-c1cccc(F)c1. The van der Waals surface area contributed by atoms with Crippen molar-refractivity contribution >= 4 is 0 Å². The van der Waals surface area contributed by atoms with Crippen LogP contribution in [0.2, 0.25) is 0 Å². The van der Waals surface area contributed by atoms with Crippen molar-refractivity contribution in [1.82, 2.24) is 20.2 Å². The molecule has 0 saturated carbocycles. The number of benzene rings is 1. The smallest absolute Gasteiger partial charge is 0.153 e. The Labute approximate surface area is 74.0 Å². The Kier molecular flexibility index (Phi) is 1.77. The molecule has 0 bridgehead atoms. The van der Waals surface area contributed by atoms with Crippen molar-refractivity contribution in [3.05, 3.63) is 35.9 Å². The summed E-state index contributed by atoms with van der Waals surface area (Å²) in [7, 11) is 0. The molecule has 0 spiro atoms. The van der Waals surface area contributed by atoms with E-state index in [0.717, 1.165) is 0 Å². The molecular weight excluding hydrogens is 171 g/mol. The Morgan fingerprint density at radius 2 is 2.23 bits per heavy atom. The van der Waals surface area contributed by atoms with Crippen molar-refractivity contribution in [2.75, 3.05) is 0 Å². The van der Waals surface area contributed by atoms with Crippen LogP contribution in [-0.2, 0) is 0 Å². The topological polar surface area (TPSA) is 43.6 Å². The van der Waals surface area contributed by atoms with Crippen LogP contribution in [0, 0.1) is 12.7 Å². The first-order valence-corrected chi connectivity index (χ1v) is 3.78. The van der Waals surface area contributed by atoms with Gasteiger partial charge < -0.3 is 0 Å². The number of hydrogen-bond donors (Lipinski definition) is 0. The van der Waals surface area contributed by atoms with Gasteiger partial charge in [-0.2, -0.15) is 4.68 Å². The summed E-state index contributed by atoms with van der Waals surface area (Å²) in [4.78, 5) is 0. The molecule has 0 fully saturated rings. The number of rotatable bonds is 1. The highest BCUT2D eigenvalue weighted by Gasteiger charge is 2.02. The molecule has 0 N–H and O–H groups in total. The number of aryl methyl sites for hydroxylation is 1. The number of tetrazole rings is 1. The van der Waals surface area contributed by atoms with Crippen LogP contribution in [0.5, 0.6) is 0 Å². The highest BCUT2D eigenvalue weighted by atomic mass is 19.1. The van der Waals surface area contributed by atoms with Gasteiger partial charge in [0.15, 0.2) is 5.82 Å². The molecule has 0 aliphatic carbocycles. The zero-order valence-electron chi connectivity index (χ0n) is 6.98. The quantitative estimate of drug-likeness (QED) is 0.657. The molecule has 66 valence electrons. The number of aromatic nitrogens is 4. The Morgan fingerprint density at radius 3 is 2.85 bits per heavy atom. The normalized spacial score (nSPS) is 10.3. The second kappa shape index (κ2) is 2.93. The van der Waals surface area contributed by atoms with Gasteiger partial charge >= 0.3 is 0 Å². The fraction of sp³-hybridized carbons (Fsp3) is 0.125. The minimum absolute atomic E-state index is 0.299. The molecule has 0 aliphatic rings. The van der Waals surface area contributed by atoms with Gasteiger partial charge in [0, 0.05) is 0 Å². The summed E-state index contributed by atoms with van der Waals surface area (Å²) in [5.41, 5.74) is 0.627. The molecule has 13 heavy (non-hydrogen) atoms. The van der Waals surface area contributed by atoms with Crippen molar-refractivity contribution in [2.24, 2.45) is 0 Å². The summed E-state index contributed by atoms with van der Waals surface area (Å²) < 4.78 is 14.3. The van der Waals surface area contributed by atoms with Crippen LogP contribution >= 0.6 is 0 Å². The summed E-state index contributed by atoms with van der Waals surface area (Å²) in [6, 6.07) is 6.12. The number of nitrogens with zero attached hydrogens (tertiary/aromatic N) is 4. The minimum Gasteiger partial charge on any atom is -0.207 e. The van der Waals surface area contributed by atoms with Crippen molar-refractivity contribution in [1.29, 1.82) is 0 Å². The van der Waals surface area contributed by atoms with E-state index in [1.54, 1.807) is 19.1 Å². The second-order valence-corrected chi connectivity index (χ2v) is 2.62. The molecule has 1 aromatic heterocycles. The first kappa shape index (κ1) is 7.85. The first-order chi connectivity index (χ1) is 6.27. The van der Waals surface area contributed by atoms with E-state index in [2.05, 4.69) is 15.5 Å². The predicted octanol–water partition coefficient (Wildman–Crippen LogP) is 1.11. The maximum absolute atomic E-state index is 12.8. The van der Waals surface area contributed by atoms with Crippen molar-refractivity contribution < 1.29 is 4.39 Å². The minimum atomic E-state index is -0.299. The highest BCUT2D eigenvalue weighted by Crippen LogP contribution is 2.08. The van der Waals surface area contributed by atoms with Crippen LogP contribution in [0.15, 0.2) is 24.3 Å². The molecule has 0 aliphatic heterocycles. The predicted molar refractivity (Wildman–Crippen MR) is 43.8 cm³/mol. The molecule has 0 radical (unpaired) electrons. The van der Waals surface area contributed by atoms with Gasteiger partial charge in [-0.15, -0.1) is 5.10 Å². The fourth-order valence-electron chi connectivity index (χ4n) is 1.08. The molecule has 2 rings (SSSR count). The van der Waals surface area contributed by atoms with Crippen molar-refractivity contribution in [2.45, 2.75) is 6.92 Å². The van der Waals surface area contributed by atoms with Gasteiger partial charge in [-0.3, -0.25) is 0 Å². The van der Waals surface area contributed by atoms with E-state index >= 15 is 0 Å². The van der Waals surface area contributed by atoms with E-state index in [4.69, 9.17) is 0 Å². The molecule has 0 saturated heterocycles.